The first-order valence-electron chi connectivity index (χ1n) is 3.91. The summed E-state index contributed by atoms with van der Waals surface area (Å²) in [4.78, 5) is 0. The molecular weight excluding hydrogens is 418 g/mol. The molecule has 65 valence electrons. The molecule has 0 unspecified atom stereocenters. The molecule has 0 aliphatic carbocycles. The quantitative estimate of drug-likeness (QED) is 0.483. The van der Waals surface area contributed by atoms with Crippen molar-refractivity contribution in [2.24, 2.45) is 0 Å². The molecule has 3 radical (unpaired) electrons. The molecule has 0 aliphatic rings. The predicted octanol–water partition coefficient (Wildman–Crippen LogP) is 1.47. The van der Waals surface area contributed by atoms with Crippen LogP contribution in [0.3, 0.4) is 0 Å². The second-order valence-corrected chi connectivity index (χ2v) is 4.46. The number of para-hydroxylation sites is 1. The fourth-order valence-electron chi connectivity index (χ4n) is 1.41. The minimum absolute atomic E-state index is 0. The van der Waals surface area contributed by atoms with E-state index in [9.17, 15) is 0 Å². The first-order chi connectivity index (χ1) is 6.20. The molecule has 0 saturated carbocycles. The van der Waals surface area contributed by atoms with E-state index >= 15 is 0 Å². The van der Waals surface area contributed by atoms with Gasteiger partial charge >= 0.3 is 89.5 Å². The average molecular weight is 425 g/mol. The van der Waals surface area contributed by atoms with Crippen LogP contribution in [0.2, 0.25) is 0 Å². The minimum Gasteiger partial charge on any atom is 0 e. The summed E-state index contributed by atoms with van der Waals surface area (Å²) >= 11 is 1.28. The Morgan fingerprint density at radius 2 is 2.00 bits per heavy atom. The monoisotopic (exact) mass is 425 g/mol. The van der Waals surface area contributed by atoms with E-state index in [1.54, 1.807) is 0 Å². The van der Waals surface area contributed by atoms with E-state index < -0.39 is 0 Å². The van der Waals surface area contributed by atoms with Crippen molar-refractivity contribution in [1.29, 1.82) is 0 Å². The van der Waals surface area contributed by atoms with Crippen molar-refractivity contribution in [2.45, 2.75) is 0 Å². The first kappa shape index (κ1) is 12.4. The fourth-order valence-corrected chi connectivity index (χ4v) is 2.02. The van der Waals surface area contributed by atoms with Gasteiger partial charge in [-0.1, -0.05) is 0 Å². The van der Waals surface area contributed by atoms with Crippen molar-refractivity contribution >= 4 is 22.5 Å². The van der Waals surface area contributed by atoms with Gasteiger partial charge in [0.1, 0.15) is 0 Å². The molecule has 0 saturated heterocycles. The van der Waals surface area contributed by atoms with Crippen LogP contribution < -0.4 is 0 Å². The van der Waals surface area contributed by atoms with Gasteiger partial charge in [-0.25, -0.2) is 0 Å². The van der Waals surface area contributed by atoms with Gasteiger partial charge < -0.3 is 0 Å². The van der Waals surface area contributed by atoms with Gasteiger partial charge in [-0.3, -0.25) is 0 Å². The molecule has 2 rings (SSSR count). The molecule has 1 heterocycles. The molecule has 1 aromatic carbocycles. The number of nitrogens with zero attached hydrogens (tertiary/aromatic N) is 1. The summed E-state index contributed by atoms with van der Waals surface area (Å²) < 4.78 is 2.77. The molecule has 14 heavy (non-hydrogen) atoms. The van der Waals surface area contributed by atoms with Crippen LogP contribution in [0.5, 0.6) is 0 Å². The van der Waals surface area contributed by atoms with Gasteiger partial charge in [-0.2, -0.15) is 0 Å². The number of hydrogen-bond donors (Lipinski definition) is 0. The van der Waals surface area contributed by atoms with E-state index in [4.69, 9.17) is 7.85 Å². The zero-order valence-electron chi connectivity index (χ0n) is 7.60. The summed E-state index contributed by atoms with van der Waals surface area (Å²) in [7, 11) is 9.73. The predicted molar refractivity (Wildman–Crippen MR) is 52.6 cm³/mol. The van der Waals surface area contributed by atoms with Crippen LogP contribution in [-0.4, -0.2) is 16.2 Å². The Bertz CT molecular complexity index is 478. The van der Waals surface area contributed by atoms with Crippen LogP contribution in [0.4, 0.5) is 0 Å². The Balaban J connectivity index is 0.000000980. The number of fused-ring (bicyclic) bond motifs is 1. The van der Waals surface area contributed by atoms with E-state index in [1.165, 1.54) is 24.7 Å². The summed E-state index contributed by atoms with van der Waals surface area (Å²) in [5, 5.41) is 1.19. The smallest absolute Gasteiger partial charge is 0 e. The van der Waals surface area contributed by atoms with Crippen LogP contribution in [0.1, 0.15) is 5.69 Å². The molecule has 0 aliphatic heterocycles. The van der Waals surface area contributed by atoms with Crippen molar-refractivity contribution in [1.82, 2.24) is 4.57 Å². The molecule has 0 fully saturated rings. The molecule has 1 nitrogen and oxygen atoms in total. The maximum absolute atomic E-state index is 5.77. The maximum Gasteiger partial charge on any atom is 0 e. The standard InChI is InChI=1S/C10H7BN.W.Y/c1-12-9(7-11)6-8-4-2-3-5-10(8)12;;/h2-6H,1H2;;/q-1;;. The second kappa shape index (κ2) is 4.92. The van der Waals surface area contributed by atoms with Gasteiger partial charge in [0.25, 0.3) is 0 Å². The minimum atomic E-state index is 0. The van der Waals surface area contributed by atoms with Gasteiger partial charge in [0.2, 0.25) is 0 Å². The molecule has 0 amide bonds. The molecule has 2 aromatic rings. The Hall–Kier alpha value is 0.357. The van der Waals surface area contributed by atoms with Crippen LogP contribution >= 0.6 is 0 Å². The average Bonchev–Trinajstić information content (AvgIpc) is 2.45. The van der Waals surface area contributed by atoms with Gasteiger partial charge in [-0.15, -0.1) is 0 Å². The van der Waals surface area contributed by atoms with Crippen molar-refractivity contribution in [2.75, 3.05) is 0 Å². The summed E-state index contributed by atoms with van der Waals surface area (Å²) in [6.45, 7) is 0. The summed E-state index contributed by atoms with van der Waals surface area (Å²) in [5.41, 5.74) is 2.15. The SMILES string of the molecule is [B][C](=[W])c1cc2ccccc2n1[CH2-].[Y]. The number of rotatable bonds is 1. The third kappa shape index (κ3) is 2.13. The largest absolute Gasteiger partial charge is 0 e. The molecule has 1 aromatic heterocycles. The normalized spacial score (nSPS) is 9.71. The van der Waals surface area contributed by atoms with Crippen LogP contribution in [0, 0.1) is 7.05 Å². The van der Waals surface area contributed by atoms with Crippen LogP contribution in [0.15, 0.2) is 30.3 Å². The van der Waals surface area contributed by atoms with E-state index in [1.807, 2.05) is 22.8 Å². The van der Waals surface area contributed by atoms with E-state index in [0.29, 0.717) is 0 Å². The molecule has 0 atom stereocenters. The van der Waals surface area contributed by atoms with E-state index in [2.05, 4.69) is 19.2 Å². The van der Waals surface area contributed by atoms with Crippen molar-refractivity contribution in [3.63, 3.8) is 0 Å². The second-order valence-electron chi connectivity index (χ2n) is 2.88. The van der Waals surface area contributed by atoms with Gasteiger partial charge in [-0.05, 0) is 0 Å². The Morgan fingerprint density at radius 1 is 1.36 bits per heavy atom. The first-order valence-corrected chi connectivity index (χ1v) is 5.38. The summed E-state index contributed by atoms with van der Waals surface area (Å²) in [6.07, 6.45) is 0. The molecule has 0 N–H and O–H groups in total. The van der Waals surface area contributed by atoms with Crippen molar-refractivity contribution in [3.8, 4) is 0 Å². The number of aromatic nitrogens is 1. The topological polar surface area (TPSA) is 4.93 Å². The van der Waals surface area contributed by atoms with Gasteiger partial charge in [0.05, 0.1) is 0 Å². The molecule has 0 bridgehead atoms. The molecule has 4 heteroatoms. The van der Waals surface area contributed by atoms with Crippen LogP contribution in [-0.2, 0) is 52.1 Å². The zero-order valence-corrected chi connectivity index (χ0v) is 13.4. The summed E-state index contributed by atoms with van der Waals surface area (Å²) in [5.74, 6) is 0. The van der Waals surface area contributed by atoms with E-state index in [0.717, 1.165) is 15.0 Å². The fraction of sp³-hybridized carbons (Fsp3) is 0. The van der Waals surface area contributed by atoms with Crippen molar-refractivity contribution in [3.05, 3.63) is 43.1 Å². The Morgan fingerprint density at radius 3 is 2.57 bits per heavy atom. The third-order valence-corrected chi connectivity index (χ3v) is 2.81. The Kier molecular flexibility index (Phi) is 4.37. The third-order valence-electron chi connectivity index (χ3n) is 2.06. The maximum atomic E-state index is 5.77. The van der Waals surface area contributed by atoms with Gasteiger partial charge in [0, 0.05) is 32.7 Å². The zero-order chi connectivity index (χ0) is 9.42. The Labute approximate surface area is 121 Å². The van der Waals surface area contributed by atoms with Crippen molar-refractivity contribution < 1.29 is 52.1 Å². The molecular formula is C10H7BNWY-. The number of benzene rings is 1. The van der Waals surface area contributed by atoms with Gasteiger partial charge in [0.15, 0.2) is 0 Å². The van der Waals surface area contributed by atoms with Crippen LogP contribution in [0.25, 0.3) is 10.9 Å². The summed E-state index contributed by atoms with van der Waals surface area (Å²) in [6, 6.07) is 10.2. The number of hydrogen-bond acceptors (Lipinski definition) is 0. The molecule has 0 spiro atoms. The van der Waals surface area contributed by atoms with E-state index in [-0.39, 0.29) is 32.7 Å².